The number of carbonyl (C=O) groups is 1. The molecule has 118 valence electrons. The minimum atomic E-state index is -0.519. The normalized spacial score (nSPS) is 12.1. The number of aromatic amines is 2. The first-order valence-electron chi connectivity index (χ1n) is 6.99. The van der Waals surface area contributed by atoms with Gasteiger partial charge in [0.15, 0.2) is 0 Å². The largest absolute Gasteiger partial charge is 0.349 e. The Labute approximate surface area is 126 Å². The van der Waals surface area contributed by atoms with Gasteiger partial charge in [0, 0.05) is 36.5 Å². The van der Waals surface area contributed by atoms with Crippen molar-refractivity contribution < 1.29 is 4.79 Å². The first kappa shape index (κ1) is 15.7. The van der Waals surface area contributed by atoms with E-state index in [0.717, 1.165) is 17.0 Å². The summed E-state index contributed by atoms with van der Waals surface area (Å²) in [5.74, 6) is -0.175. The molecular formula is C14H19N5O3. The summed E-state index contributed by atoms with van der Waals surface area (Å²) in [7, 11) is 0. The fourth-order valence-corrected chi connectivity index (χ4v) is 2.43. The summed E-state index contributed by atoms with van der Waals surface area (Å²) in [6.07, 6.45) is 1.52. The lowest BCUT2D eigenvalue weighted by molar-refractivity contribution is -0.121. The lowest BCUT2D eigenvalue weighted by Gasteiger charge is -2.14. The topological polar surface area (TPSA) is 113 Å². The number of hydrogen-bond acceptors (Lipinski definition) is 4. The molecule has 2 aromatic rings. The average Bonchev–Trinajstić information content (AvgIpc) is 2.77. The van der Waals surface area contributed by atoms with Crippen LogP contribution >= 0.6 is 0 Å². The van der Waals surface area contributed by atoms with E-state index in [1.807, 2.05) is 20.8 Å². The second kappa shape index (κ2) is 6.42. The van der Waals surface area contributed by atoms with Crippen LogP contribution in [-0.2, 0) is 11.3 Å². The maximum Gasteiger partial charge on any atom is 0.328 e. The van der Waals surface area contributed by atoms with Gasteiger partial charge in [-0.05, 0) is 20.8 Å². The van der Waals surface area contributed by atoms with Crippen LogP contribution in [0.5, 0.6) is 0 Å². The van der Waals surface area contributed by atoms with Gasteiger partial charge in [0.25, 0.3) is 5.56 Å². The molecule has 2 rings (SSSR count). The summed E-state index contributed by atoms with van der Waals surface area (Å²) in [5, 5.41) is 9.86. The molecule has 0 saturated heterocycles. The molecule has 0 unspecified atom stereocenters. The van der Waals surface area contributed by atoms with Gasteiger partial charge in [0.2, 0.25) is 5.91 Å². The highest BCUT2D eigenvalue weighted by Crippen LogP contribution is 2.18. The monoisotopic (exact) mass is 305 g/mol. The lowest BCUT2D eigenvalue weighted by Crippen LogP contribution is -2.32. The molecule has 22 heavy (non-hydrogen) atoms. The van der Waals surface area contributed by atoms with Crippen molar-refractivity contribution >= 4 is 5.91 Å². The predicted octanol–water partition coefficient (Wildman–Crippen LogP) is 0.144. The number of amides is 1. The Morgan fingerprint density at radius 1 is 1.41 bits per heavy atom. The van der Waals surface area contributed by atoms with E-state index >= 15 is 0 Å². The number of rotatable bonds is 5. The van der Waals surface area contributed by atoms with Crippen molar-refractivity contribution in [1.82, 2.24) is 25.1 Å². The summed E-state index contributed by atoms with van der Waals surface area (Å²) >= 11 is 0. The first-order chi connectivity index (χ1) is 10.4. The van der Waals surface area contributed by atoms with Gasteiger partial charge >= 0.3 is 5.69 Å². The van der Waals surface area contributed by atoms with E-state index in [1.54, 1.807) is 0 Å². The fraction of sp³-hybridized carbons (Fsp3) is 0.429. The second-order valence-corrected chi connectivity index (χ2v) is 5.19. The van der Waals surface area contributed by atoms with Crippen molar-refractivity contribution in [2.75, 3.05) is 0 Å². The molecule has 1 amide bonds. The van der Waals surface area contributed by atoms with Crippen LogP contribution in [0.4, 0.5) is 0 Å². The number of H-pyrrole nitrogens is 2. The number of nitrogens with zero attached hydrogens (tertiary/aromatic N) is 2. The van der Waals surface area contributed by atoms with Gasteiger partial charge in [-0.1, -0.05) is 0 Å². The Hall–Kier alpha value is -2.64. The van der Waals surface area contributed by atoms with Crippen LogP contribution in [0, 0.1) is 13.8 Å². The van der Waals surface area contributed by atoms with E-state index in [9.17, 15) is 14.4 Å². The van der Waals surface area contributed by atoms with E-state index in [-0.39, 0.29) is 24.9 Å². The molecule has 0 aromatic carbocycles. The summed E-state index contributed by atoms with van der Waals surface area (Å²) in [4.78, 5) is 36.6. The van der Waals surface area contributed by atoms with Gasteiger partial charge in [0.05, 0.1) is 11.7 Å². The van der Waals surface area contributed by atoms with Crippen LogP contribution in [0.15, 0.2) is 21.9 Å². The molecule has 0 aliphatic carbocycles. The molecule has 2 aromatic heterocycles. The van der Waals surface area contributed by atoms with Crippen molar-refractivity contribution in [1.29, 1.82) is 0 Å². The molecular weight excluding hydrogens is 286 g/mol. The van der Waals surface area contributed by atoms with Gasteiger partial charge in [0.1, 0.15) is 0 Å². The Morgan fingerprint density at radius 2 is 2.14 bits per heavy atom. The minimum absolute atomic E-state index is 0.145. The van der Waals surface area contributed by atoms with Crippen molar-refractivity contribution in [3.05, 3.63) is 50.1 Å². The third kappa shape index (κ3) is 3.51. The van der Waals surface area contributed by atoms with Crippen LogP contribution in [0.2, 0.25) is 0 Å². The number of aromatic nitrogens is 4. The summed E-state index contributed by atoms with van der Waals surface area (Å²) < 4.78 is 1.29. The molecule has 0 aliphatic rings. The smallest absolute Gasteiger partial charge is 0.328 e. The Bertz CT molecular complexity index is 767. The maximum atomic E-state index is 12.0. The molecule has 1 atom stereocenters. The number of carbonyl (C=O) groups excluding carboxylic acids is 1. The molecule has 0 bridgehead atoms. The minimum Gasteiger partial charge on any atom is -0.349 e. The van der Waals surface area contributed by atoms with Crippen molar-refractivity contribution in [2.45, 2.75) is 39.8 Å². The average molecular weight is 305 g/mol. The van der Waals surface area contributed by atoms with Crippen LogP contribution < -0.4 is 16.6 Å². The molecule has 8 nitrogen and oxygen atoms in total. The molecule has 0 spiro atoms. The highest BCUT2D eigenvalue weighted by atomic mass is 16.2. The zero-order valence-electron chi connectivity index (χ0n) is 12.8. The predicted molar refractivity (Wildman–Crippen MR) is 80.6 cm³/mol. The molecule has 0 fully saturated rings. The molecule has 3 N–H and O–H groups in total. The number of nitrogens with one attached hydrogen (secondary N) is 3. The molecule has 0 saturated carbocycles. The molecule has 0 aliphatic heterocycles. The summed E-state index contributed by atoms with van der Waals surface area (Å²) in [5.41, 5.74) is 1.76. The Balaban J connectivity index is 1.96. The quantitative estimate of drug-likeness (QED) is 0.729. The highest BCUT2D eigenvalue weighted by Gasteiger charge is 2.16. The highest BCUT2D eigenvalue weighted by molar-refractivity contribution is 5.76. The third-order valence-electron chi connectivity index (χ3n) is 3.47. The van der Waals surface area contributed by atoms with Crippen LogP contribution in [-0.4, -0.2) is 25.7 Å². The van der Waals surface area contributed by atoms with Gasteiger partial charge < -0.3 is 9.88 Å². The van der Waals surface area contributed by atoms with E-state index in [2.05, 4.69) is 20.5 Å². The third-order valence-corrected chi connectivity index (χ3v) is 3.47. The fourth-order valence-electron chi connectivity index (χ4n) is 2.43. The summed E-state index contributed by atoms with van der Waals surface area (Å²) in [6.45, 7) is 5.87. The number of aryl methyl sites for hydroxylation is 3. The first-order valence-corrected chi connectivity index (χ1v) is 6.99. The standard InChI is InChI=1S/C14H19N5O3/c1-8(13-9(2)17-18-10(13)3)15-11(20)4-6-19-7-5-12(21)16-14(19)22/h5,7-8H,4,6H2,1-3H3,(H,15,20)(H,17,18)(H,16,21,22)/t8-/m0/s1. The SMILES string of the molecule is Cc1n[nH]c(C)c1[C@H](C)NC(=O)CCn1ccc(=O)[nH]c1=O. The molecule has 0 radical (unpaired) electrons. The zero-order valence-corrected chi connectivity index (χ0v) is 12.8. The van der Waals surface area contributed by atoms with Crippen molar-refractivity contribution in [3.8, 4) is 0 Å². The van der Waals surface area contributed by atoms with Gasteiger partial charge in [-0.3, -0.25) is 19.7 Å². The Kier molecular flexibility index (Phi) is 4.59. The van der Waals surface area contributed by atoms with Gasteiger partial charge in [-0.25, -0.2) is 4.79 Å². The molecule has 8 heteroatoms. The van der Waals surface area contributed by atoms with Crippen molar-refractivity contribution in [2.24, 2.45) is 0 Å². The van der Waals surface area contributed by atoms with E-state index in [0.29, 0.717) is 0 Å². The maximum absolute atomic E-state index is 12.0. The van der Waals surface area contributed by atoms with Crippen LogP contribution in [0.25, 0.3) is 0 Å². The van der Waals surface area contributed by atoms with E-state index < -0.39 is 11.2 Å². The van der Waals surface area contributed by atoms with Gasteiger partial charge in [-0.15, -0.1) is 0 Å². The van der Waals surface area contributed by atoms with E-state index in [1.165, 1.54) is 16.8 Å². The van der Waals surface area contributed by atoms with Crippen LogP contribution in [0.1, 0.15) is 36.3 Å². The second-order valence-electron chi connectivity index (χ2n) is 5.19. The summed E-state index contributed by atoms with van der Waals surface area (Å²) in [6, 6.07) is 1.08. The lowest BCUT2D eigenvalue weighted by atomic mass is 10.1. The Morgan fingerprint density at radius 3 is 2.73 bits per heavy atom. The molecule has 2 heterocycles. The number of hydrogen-bond donors (Lipinski definition) is 3. The van der Waals surface area contributed by atoms with Gasteiger partial charge in [-0.2, -0.15) is 5.10 Å². The van der Waals surface area contributed by atoms with Crippen LogP contribution in [0.3, 0.4) is 0 Å². The van der Waals surface area contributed by atoms with Crippen molar-refractivity contribution in [3.63, 3.8) is 0 Å². The zero-order chi connectivity index (χ0) is 16.3. The van der Waals surface area contributed by atoms with E-state index in [4.69, 9.17) is 0 Å².